The molecule has 1 aliphatic heterocycles. The van der Waals surface area contributed by atoms with E-state index in [0.29, 0.717) is 24.3 Å². The fourth-order valence-corrected chi connectivity index (χ4v) is 4.66. The SMILES string of the molecule is COc1ccnc(C(=O)N[C@H]2CCC[C@H](Oc3ccc(F)cc3)[C@@H](Oc3ccc(F)cc3)[C@H](C)OC2=O)c1OCOC(=O)C(C)C. The van der Waals surface area contributed by atoms with Crippen molar-refractivity contribution in [1.29, 1.82) is 0 Å². The van der Waals surface area contributed by atoms with E-state index >= 15 is 0 Å². The predicted molar refractivity (Wildman–Crippen MR) is 160 cm³/mol. The number of benzene rings is 2. The van der Waals surface area contributed by atoms with Crippen LogP contribution >= 0.6 is 0 Å². The monoisotopic (exact) mass is 642 g/mol. The van der Waals surface area contributed by atoms with Crippen molar-refractivity contribution in [3.8, 4) is 23.0 Å². The van der Waals surface area contributed by atoms with E-state index < -0.39 is 60.6 Å². The van der Waals surface area contributed by atoms with Crippen LogP contribution in [-0.4, -0.2) is 61.1 Å². The van der Waals surface area contributed by atoms with Crippen LogP contribution < -0.4 is 24.3 Å². The highest BCUT2D eigenvalue weighted by Crippen LogP contribution is 2.30. The number of aromatic nitrogens is 1. The second-order valence-electron chi connectivity index (χ2n) is 10.8. The molecule has 0 saturated carbocycles. The first-order chi connectivity index (χ1) is 22.0. The number of nitrogens with zero attached hydrogens (tertiary/aromatic N) is 1. The Morgan fingerprint density at radius 1 is 0.978 bits per heavy atom. The van der Waals surface area contributed by atoms with Gasteiger partial charge in [0.1, 0.15) is 41.4 Å². The number of methoxy groups -OCH3 is 1. The van der Waals surface area contributed by atoms with E-state index in [4.69, 9.17) is 28.4 Å². The Balaban J connectivity index is 1.53. The lowest BCUT2D eigenvalue weighted by atomic mass is 10.0. The lowest BCUT2D eigenvalue weighted by molar-refractivity contribution is -0.157. The van der Waals surface area contributed by atoms with Crippen molar-refractivity contribution in [1.82, 2.24) is 10.3 Å². The van der Waals surface area contributed by atoms with E-state index in [1.165, 1.54) is 67.9 Å². The number of ether oxygens (including phenoxy) is 6. The molecule has 1 saturated heterocycles. The first-order valence-corrected chi connectivity index (χ1v) is 14.7. The molecule has 13 heteroatoms. The minimum Gasteiger partial charge on any atom is -0.493 e. The molecule has 1 N–H and O–H groups in total. The first-order valence-electron chi connectivity index (χ1n) is 14.7. The van der Waals surface area contributed by atoms with Gasteiger partial charge in [0.05, 0.1) is 13.0 Å². The molecule has 0 unspecified atom stereocenters. The number of carbonyl (C=O) groups is 3. The molecular weight excluding hydrogens is 606 g/mol. The van der Waals surface area contributed by atoms with Gasteiger partial charge in [-0.1, -0.05) is 13.8 Å². The second-order valence-corrected chi connectivity index (χ2v) is 10.8. The van der Waals surface area contributed by atoms with Crippen molar-refractivity contribution >= 4 is 17.8 Å². The van der Waals surface area contributed by atoms with Crippen molar-refractivity contribution in [3.05, 3.63) is 78.1 Å². The van der Waals surface area contributed by atoms with Crippen LogP contribution in [0.15, 0.2) is 60.8 Å². The molecule has 0 aliphatic carbocycles. The summed E-state index contributed by atoms with van der Waals surface area (Å²) in [5.74, 6) is -2.48. The van der Waals surface area contributed by atoms with Gasteiger partial charge in [0.25, 0.3) is 5.91 Å². The zero-order valence-corrected chi connectivity index (χ0v) is 25.9. The van der Waals surface area contributed by atoms with E-state index in [-0.39, 0.29) is 29.5 Å². The summed E-state index contributed by atoms with van der Waals surface area (Å²) in [5, 5.41) is 2.67. The lowest BCUT2D eigenvalue weighted by Crippen LogP contribution is -2.47. The third-order valence-electron chi connectivity index (χ3n) is 7.07. The average Bonchev–Trinajstić information content (AvgIpc) is 3.08. The number of pyridine rings is 1. The van der Waals surface area contributed by atoms with Crippen LogP contribution in [0.2, 0.25) is 0 Å². The van der Waals surface area contributed by atoms with Gasteiger partial charge in [-0.3, -0.25) is 9.59 Å². The maximum atomic E-state index is 13.6. The maximum absolute atomic E-state index is 13.6. The number of hydrogen-bond acceptors (Lipinski definition) is 10. The third kappa shape index (κ3) is 9.05. The van der Waals surface area contributed by atoms with Crippen LogP contribution in [0.4, 0.5) is 8.78 Å². The standard InChI is InChI=1S/C33H36F2N2O9/c1-19(2)32(39)43-18-42-30-26(41-4)16-17-36-28(30)31(38)37-25-6-5-7-27(45-23-12-8-21(34)9-13-23)29(20(3)44-33(25)40)46-24-14-10-22(35)11-15-24/h8-17,19-20,25,27,29H,5-7,18H2,1-4H3,(H,37,38)/t20-,25-,27-,29-/m0/s1. The Kier molecular flexibility index (Phi) is 11.7. The summed E-state index contributed by atoms with van der Waals surface area (Å²) < 4.78 is 61.2. The number of rotatable bonds is 11. The van der Waals surface area contributed by atoms with Crippen LogP contribution in [-0.2, 0) is 19.1 Å². The van der Waals surface area contributed by atoms with Gasteiger partial charge in [-0.05, 0) is 74.7 Å². The number of cyclic esters (lactones) is 1. The molecule has 1 aliphatic rings. The van der Waals surface area contributed by atoms with Crippen LogP contribution in [0, 0.1) is 17.6 Å². The van der Waals surface area contributed by atoms with Crippen molar-refractivity contribution in [2.45, 2.75) is 64.4 Å². The maximum Gasteiger partial charge on any atom is 0.329 e. The number of amides is 1. The minimum absolute atomic E-state index is 0.0793. The van der Waals surface area contributed by atoms with Gasteiger partial charge in [0.2, 0.25) is 6.79 Å². The highest BCUT2D eigenvalue weighted by Gasteiger charge is 2.37. The molecule has 4 rings (SSSR count). The van der Waals surface area contributed by atoms with Crippen molar-refractivity contribution in [2.24, 2.45) is 5.92 Å². The van der Waals surface area contributed by atoms with Crippen molar-refractivity contribution < 1.29 is 51.6 Å². The zero-order chi connectivity index (χ0) is 33.2. The number of hydrogen-bond donors (Lipinski definition) is 1. The van der Waals surface area contributed by atoms with Gasteiger partial charge in [-0.15, -0.1) is 0 Å². The Labute approximate surface area is 265 Å². The minimum atomic E-state index is -1.09. The highest BCUT2D eigenvalue weighted by molar-refractivity contribution is 5.98. The van der Waals surface area contributed by atoms with Gasteiger partial charge >= 0.3 is 11.9 Å². The van der Waals surface area contributed by atoms with E-state index in [9.17, 15) is 23.2 Å². The number of esters is 2. The van der Waals surface area contributed by atoms with Crippen LogP contribution in [0.5, 0.6) is 23.0 Å². The van der Waals surface area contributed by atoms with Gasteiger partial charge in [-0.25, -0.2) is 18.6 Å². The molecule has 2 aromatic carbocycles. The quantitative estimate of drug-likeness (QED) is 0.225. The van der Waals surface area contributed by atoms with Gasteiger partial charge in [0, 0.05) is 12.3 Å². The first kappa shape index (κ1) is 33.9. The smallest absolute Gasteiger partial charge is 0.329 e. The van der Waals surface area contributed by atoms with E-state index in [1.807, 2.05) is 0 Å². The van der Waals surface area contributed by atoms with Crippen LogP contribution in [0.3, 0.4) is 0 Å². The molecule has 1 aromatic heterocycles. The summed E-state index contributed by atoms with van der Waals surface area (Å²) in [7, 11) is 1.37. The van der Waals surface area contributed by atoms with Gasteiger partial charge in [0.15, 0.2) is 23.3 Å². The average molecular weight is 643 g/mol. The zero-order valence-electron chi connectivity index (χ0n) is 25.9. The summed E-state index contributed by atoms with van der Waals surface area (Å²) in [6, 6.07) is 11.2. The van der Waals surface area contributed by atoms with E-state index in [0.717, 1.165) is 0 Å². The normalized spacial score (nSPS) is 19.9. The molecule has 3 aromatic rings. The molecule has 4 atom stereocenters. The number of carbonyl (C=O) groups excluding carboxylic acids is 3. The molecule has 0 radical (unpaired) electrons. The fraction of sp³-hybridized carbons (Fsp3) is 0.394. The van der Waals surface area contributed by atoms with Crippen LogP contribution in [0.25, 0.3) is 0 Å². The summed E-state index contributed by atoms with van der Waals surface area (Å²) in [5.41, 5.74) is -0.198. The molecule has 1 fully saturated rings. The Morgan fingerprint density at radius 2 is 1.61 bits per heavy atom. The van der Waals surface area contributed by atoms with Gasteiger partial charge in [-0.2, -0.15) is 0 Å². The second kappa shape index (κ2) is 15.9. The largest absolute Gasteiger partial charge is 0.493 e. The van der Waals surface area contributed by atoms with Crippen molar-refractivity contribution in [2.75, 3.05) is 13.9 Å². The molecule has 2 heterocycles. The molecular formula is C33H36F2N2O9. The fourth-order valence-electron chi connectivity index (χ4n) is 4.66. The lowest BCUT2D eigenvalue weighted by Gasteiger charge is -2.31. The Hall–Kier alpha value is -4.94. The molecule has 1 amide bonds. The van der Waals surface area contributed by atoms with E-state index in [1.54, 1.807) is 20.8 Å². The summed E-state index contributed by atoms with van der Waals surface area (Å²) in [6.45, 7) is 4.45. The summed E-state index contributed by atoms with van der Waals surface area (Å²) >= 11 is 0. The van der Waals surface area contributed by atoms with Crippen molar-refractivity contribution in [3.63, 3.8) is 0 Å². The van der Waals surface area contributed by atoms with Gasteiger partial charge < -0.3 is 33.7 Å². The molecule has 0 bridgehead atoms. The Bertz CT molecular complexity index is 1490. The van der Waals surface area contributed by atoms with Crippen LogP contribution in [0.1, 0.15) is 50.5 Å². The molecule has 246 valence electrons. The topological polar surface area (TPSA) is 132 Å². The number of nitrogens with one attached hydrogen (secondary N) is 1. The predicted octanol–water partition coefficient (Wildman–Crippen LogP) is 5.01. The molecule has 11 nitrogen and oxygen atoms in total. The summed E-state index contributed by atoms with van der Waals surface area (Å²) in [4.78, 5) is 42.8. The summed E-state index contributed by atoms with van der Waals surface area (Å²) in [6.07, 6.45) is -0.213. The molecule has 0 spiro atoms. The molecule has 46 heavy (non-hydrogen) atoms. The highest BCUT2D eigenvalue weighted by atomic mass is 19.1. The van der Waals surface area contributed by atoms with E-state index in [2.05, 4.69) is 10.3 Å². The third-order valence-corrected chi connectivity index (χ3v) is 7.07. The number of halogens is 2. The Morgan fingerprint density at radius 3 is 2.22 bits per heavy atom.